The summed E-state index contributed by atoms with van der Waals surface area (Å²) in [5.41, 5.74) is 9.90. The van der Waals surface area contributed by atoms with E-state index in [1.807, 2.05) is 50.3 Å². The molecular formula is C65H103N5O11. The molecule has 454 valence electrons. The van der Waals surface area contributed by atoms with E-state index in [2.05, 4.69) is 106 Å². The van der Waals surface area contributed by atoms with Crippen molar-refractivity contribution in [3.05, 3.63) is 117 Å². The summed E-state index contributed by atoms with van der Waals surface area (Å²) in [6.45, 7) is 26.8. The van der Waals surface area contributed by atoms with Gasteiger partial charge < -0.3 is 55.0 Å². The van der Waals surface area contributed by atoms with Crippen molar-refractivity contribution in [3.63, 3.8) is 0 Å². The van der Waals surface area contributed by atoms with Crippen molar-refractivity contribution in [2.24, 2.45) is 10.8 Å². The summed E-state index contributed by atoms with van der Waals surface area (Å²) in [5.74, 6) is -1.11. The van der Waals surface area contributed by atoms with Gasteiger partial charge in [0, 0.05) is 51.7 Å². The van der Waals surface area contributed by atoms with E-state index >= 15 is 0 Å². The molecule has 0 fully saturated rings. The number of ether oxygens (including phenoxy) is 6. The highest BCUT2D eigenvalue weighted by molar-refractivity contribution is 5.93. The third kappa shape index (κ3) is 34.5. The monoisotopic (exact) mass is 1130 g/mol. The molecule has 0 spiro atoms. The fourth-order valence-electron chi connectivity index (χ4n) is 9.25. The van der Waals surface area contributed by atoms with E-state index in [4.69, 9.17) is 28.4 Å². The first kappa shape index (κ1) is 71.6. The van der Waals surface area contributed by atoms with Crippen molar-refractivity contribution in [3.8, 4) is 0 Å². The Morgan fingerprint density at radius 1 is 0.506 bits per heavy atom. The van der Waals surface area contributed by atoms with Crippen LogP contribution in [0.5, 0.6) is 0 Å². The molecule has 0 saturated carbocycles. The zero-order chi connectivity index (χ0) is 59.7. The molecule has 5 amide bonds. The molecule has 0 radical (unpaired) electrons. The molecule has 0 aromatic heterocycles. The SMILES string of the molecule is CNC(=O)CCOCCOCCOCCOCCC(=O)NCCOCCOCCNC(=O)C(CCCCNC(=O)/C=C(C)/C=C/C=C(C)/C=C/C1=C(C)CCCC1(C)C)NC(=O)/C=C(C)/C=C/C=C(C)/C=C/C1=C(C)CCCC1(C)C. The predicted molar refractivity (Wildman–Crippen MR) is 325 cm³/mol. The van der Waals surface area contributed by atoms with E-state index in [9.17, 15) is 24.0 Å². The third-order valence-electron chi connectivity index (χ3n) is 13.9. The van der Waals surface area contributed by atoms with Crippen LogP contribution in [0.2, 0.25) is 0 Å². The van der Waals surface area contributed by atoms with Gasteiger partial charge in [-0.05, 0) is 132 Å². The van der Waals surface area contributed by atoms with Gasteiger partial charge in [-0.15, -0.1) is 0 Å². The molecule has 5 N–H and O–H groups in total. The Labute approximate surface area is 486 Å². The number of rotatable bonds is 41. The first-order valence-corrected chi connectivity index (χ1v) is 29.4. The zero-order valence-electron chi connectivity index (χ0n) is 51.4. The minimum atomic E-state index is -0.800. The van der Waals surface area contributed by atoms with Crippen LogP contribution in [0.15, 0.2) is 117 Å². The lowest BCUT2D eigenvalue weighted by Gasteiger charge is -2.33. The van der Waals surface area contributed by atoms with E-state index in [1.54, 1.807) is 13.1 Å². The van der Waals surface area contributed by atoms with Crippen molar-refractivity contribution in [2.75, 3.05) is 106 Å². The summed E-state index contributed by atoms with van der Waals surface area (Å²) in [6.07, 6.45) is 32.9. The van der Waals surface area contributed by atoms with Crippen LogP contribution in [0, 0.1) is 10.8 Å². The second-order valence-electron chi connectivity index (χ2n) is 22.2. The van der Waals surface area contributed by atoms with E-state index in [0.29, 0.717) is 105 Å². The van der Waals surface area contributed by atoms with Gasteiger partial charge in [-0.3, -0.25) is 24.0 Å². The summed E-state index contributed by atoms with van der Waals surface area (Å²) in [6, 6.07) is -0.800. The van der Waals surface area contributed by atoms with Gasteiger partial charge in [0.1, 0.15) is 6.04 Å². The van der Waals surface area contributed by atoms with Gasteiger partial charge >= 0.3 is 0 Å². The number of carbonyl (C=O) groups is 5. The zero-order valence-corrected chi connectivity index (χ0v) is 51.4. The molecular weight excluding hydrogens is 1030 g/mol. The van der Waals surface area contributed by atoms with Gasteiger partial charge in [-0.25, -0.2) is 0 Å². The minimum absolute atomic E-state index is 0.0627. The van der Waals surface area contributed by atoms with Crippen molar-refractivity contribution in [2.45, 2.75) is 146 Å². The highest BCUT2D eigenvalue weighted by atomic mass is 16.6. The Balaban J connectivity index is 1.78. The topological polar surface area (TPSA) is 201 Å². The van der Waals surface area contributed by atoms with Crippen LogP contribution < -0.4 is 26.6 Å². The van der Waals surface area contributed by atoms with Crippen molar-refractivity contribution >= 4 is 29.5 Å². The number of unbranched alkanes of at least 4 members (excludes halogenated alkanes) is 1. The third-order valence-corrected chi connectivity index (χ3v) is 13.9. The average Bonchev–Trinajstić information content (AvgIpc) is 3.40. The normalized spacial score (nSPS) is 16.7. The number of allylic oxidation sites excluding steroid dienone is 18. The number of hydrogen-bond acceptors (Lipinski definition) is 11. The minimum Gasteiger partial charge on any atom is -0.379 e. The first-order chi connectivity index (χ1) is 38.7. The van der Waals surface area contributed by atoms with Crippen LogP contribution in [0.1, 0.15) is 140 Å². The van der Waals surface area contributed by atoms with Crippen LogP contribution >= 0.6 is 0 Å². The van der Waals surface area contributed by atoms with Crippen LogP contribution in [-0.4, -0.2) is 142 Å². The Kier molecular flexibility index (Phi) is 37.4. The number of hydrogen-bond donors (Lipinski definition) is 5. The van der Waals surface area contributed by atoms with E-state index in [0.717, 1.165) is 35.1 Å². The molecule has 0 aliphatic heterocycles. The molecule has 0 heterocycles. The average molecular weight is 1130 g/mol. The maximum Gasteiger partial charge on any atom is 0.244 e. The standard InChI is InChI=1S/C65H103N5O11/c1-50(25-27-56-54(5)22-16-31-64(56,7)8)18-14-20-52(3)48-61(73)67-33-13-12-24-58(70-62(74)49-53(4)21-15-19-51(2)26-28-57-55(6)23-17-32-65(57,9)10)63(75)69-35-39-79-43-42-78-38-34-68-60(72)30-37-77-41-45-81-47-46-80-44-40-76-36-29-59(71)66-11/h14-15,18-21,25-28,48-49,58H,12-13,16-17,22-24,29-47H2,1-11H3,(H,66,71)(H,67,73)(H,68,72)(H,69,75)(H,70,74)/b20-14+,21-15+,27-25+,28-26+,50-18+,51-19+,52-48+,53-49+. The van der Waals surface area contributed by atoms with Crippen molar-refractivity contribution < 1.29 is 52.4 Å². The second kappa shape index (κ2) is 42.3. The summed E-state index contributed by atoms with van der Waals surface area (Å²) >= 11 is 0. The molecule has 2 aliphatic rings. The second-order valence-corrected chi connectivity index (χ2v) is 22.2. The maximum absolute atomic E-state index is 13.5. The van der Waals surface area contributed by atoms with E-state index in [1.165, 1.54) is 54.1 Å². The molecule has 16 nitrogen and oxygen atoms in total. The highest BCUT2D eigenvalue weighted by Gasteiger charge is 2.27. The molecule has 1 unspecified atom stereocenters. The summed E-state index contributed by atoms with van der Waals surface area (Å²) in [5, 5.41) is 14.1. The Morgan fingerprint density at radius 3 is 1.41 bits per heavy atom. The largest absolute Gasteiger partial charge is 0.379 e. The molecule has 1 atom stereocenters. The van der Waals surface area contributed by atoms with Gasteiger partial charge in [0.2, 0.25) is 29.5 Å². The molecule has 81 heavy (non-hydrogen) atoms. The van der Waals surface area contributed by atoms with Crippen LogP contribution in [-0.2, 0) is 52.4 Å². The summed E-state index contributed by atoms with van der Waals surface area (Å²) in [4.78, 5) is 62.8. The van der Waals surface area contributed by atoms with Crippen molar-refractivity contribution in [1.82, 2.24) is 26.6 Å². The predicted octanol–water partition coefficient (Wildman–Crippen LogP) is 9.68. The fourth-order valence-corrected chi connectivity index (χ4v) is 9.25. The van der Waals surface area contributed by atoms with Gasteiger partial charge in [0.25, 0.3) is 0 Å². The molecule has 2 aliphatic carbocycles. The molecule has 0 bridgehead atoms. The lowest BCUT2D eigenvalue weighted by Crippen LogP contribution is -2.47. The molecule has 2 rings (SSSR count). The Morgan fingerprint density at radius 2 is 0.938 bits per heavy atom. The maximum atomic E-state index is 13.5. The smallest absolute Gasteiger partial charge is 0.244 e. The Hall–Kier alpha value is -5.49. The van der Waals surface area contributed by atoms with Crippen molar-refractivity contribution in [1.29, 1.82) is 0 Å². The lowest BCUT2D eigenvalue weighted by molar-refractivity contribution is -0.127. The van der Waals surface area contributed by atoms with E-state index < -0.39 is 6.04 Å². The van der Waals surface area contributed by atoms with Gasteiger partial charge in [0.05, 0.1) is 79.3 Å². The van der Waals surface area contributed by atoms with Gasteiger partial charge in [0.15, 0.2) is 0 Å². The quantitative estimate of drug-likeness (QED) is 0.0222. The Bertz CT molecular complexity index is 2260. The van der Waals surface area contributed by atoms with Crippen LogP contribution in [0.25, 0.3) is 0 Å². The number of amides is 5. The lowest BCUT2D eigenvalue weighted by atomic mass is 9.72. The molecule has 0 saturated heterocycles. The summed E-state index contributed by atoms with van der Waals surface area (Å²) < 4.78 is 32.9. The molecule has 0 aromatic carbocycles. The molecule has 0 aromatic rings. The number of carbonyl (C=O) groups excluding carboxylic acids is 5. The number of nitrogens with one attached hydrogen (secondary N) is 5. The fraction of sp³-hybridized carbons (Fsp3) is 0.615. The van der Waals surface area contributed by atoms with E-state index in [-0.39, 0.29) is 66.5 Å². The summed E-state index contributed by atoms with van der Waals surface area (Å²) in [7, 11) is 1.59. The van der Waals surface area contributed by atoms with Gasteiger partial charge in [-0.2, -0.15) is 0 Å². The highest BCUT2D eigenvalue weighted by Crippen LogP contribution is 2.42. The van der Waals surface area contributed by atoms with Crippen LogP contribution in [0.3, 0.4) is 0 Å². The van der Waals surface area contributed by atoms with Crippen LogP contribution in [0.4, 0.5) is 0 Å². The van der Waals surface area contributed by atoms with Gasteiger partial charge in [-0.1, -0.05) is 111 Å². The molecule has 16 heteroatoms. The first-order valence-electron chi connectivity index (χ1n) is 29.4.